The summed E-state index contributed by atoms with van der Waals surface area (Å²) in [7, 11) is 0. The molecule has 0 fully saturated rings. The van der Waals surface area contributed by atoms with Gasteiger partial charge in [-0.05, 0) is 68.1 Å². The van der Waals surface area contributed by atoms with Crippen molar-refractivity contribution in [3.05, 3.63) is 64.2 Å². The van der Waals surface area contributed by atoms with Crippen molar-refractivity contribution >= 4 is 11.8 Å². The van der Waals surface area contributed by atoms with Gasteiger partial charge in [0.05, 0.1) is 0 Å². The van der Waals surface area contributed by atoms with Crippen molar-refractivity contribution < 1.29 is 14.3 Å². The quantitative estimate of drug-likeness (QED) is 0.849. The van der Waals surface area contributed by atoms with Crippen LogP contribution in [0.15, 0.2) is 36.4 Å². The van der Waals surface area contributed by atoms with Crippen LogP contribution in [0.5, 0.6) is 5.75 Å². The Balaban J connectivity index is 1.86. The highest BCUT2D eigenvalue weighted by atomic mass is 16.5. The minimum absolute atomic E-state index is 0.171. The number of ether oxygens (including phenoxy) is 1. The first kappa shape index (κ1) is 17.5. The molecule has 24 heavy (non-hydrogen) atoms. The lowest BCUT2D eigenvalue weighted by molar-refractivity contribution is -0.123. The molecule has 0 heterocycles. The minimum atomic E-state index is -0.423. The number of carbonyl (C=O) groups excluding carboxylic acids is 2. The number of nitrogens with one attached hydrogen (secondary N) is 2. The summed E-state index contributed by atoms with van der Waals surface area (Å²) in [5, 5.41) is 0. The van der Waals surface area contributed by atoms with Crippen LogP contribution in [0.3, 0.4) is 0 Å². The molecule has 0 aliphatic rings. The number of hydrogen-bond acceptors (Lipinski definition) is 3. The van der Waals surface area contributed by atoms with Crippen LogP contribution in [0.2, 0.25) is 0 Å². The summed E-state index contributed by atoms with van der Waals surface area (Å²) in [5.74, 6) is -0.146. The Morgan fingerprint density at radius 2 is 1.62 bits per heavy atom. The average Bonchev–Trinajstić information content (AvgIpc) is 2.52. The van der Waals surface area contributed by atoms with Gasteiger partial charge >= 0.3 is 0 Å². The Bertz CT molecular complexity index is 749. The van der Waals surface area contributed by atoms with E-state index in [-0.39, 0.29) is 12.5 Å². The van der Waals surface area contributed by atoms with Gasteiger partial charge in [0, 0.05) is 5.56 Å². The molecular weight excluding hydrogens is 304 g/mol. The molecule has 2 rings (SSSR count). The van der Waals surface area contributed by atoms with Crippen LogP contribution < -0.4 is 15.6 Å². The fourth-order valence-corrected chi connectivity index (χ4v) is 2.39. The first-order valence-corrected chi connectivity index (χ1v) is 7.73. The van der Waals surface area contributed by atoms with E-state index in [4.69, 9.17) is 4.74 Å². The molecule has 0 aromatic heterocycles. The molecule has 2 N–H and O–H groups in total. The van der Waals surface area contributed by atoms with E-state index in [2.05, 4.69) is 10.9 Å². The van der Waals surface area contributed by atoms with Gasteiger partial charge in [-0.2, -0.15) is 0 Å². The third-order valence-corrected chi connectivity index (χ3v) is 3.73. The molecule has 0 saturated carbocycles. The molecule has 5 nitrogen and oxygen atoms in total. The Morgan fingerprint density at radius 3 is 2.29 bits per heavy atom. The van der Waals surface area contributed by atoms with Crippen LogP contribution in [0.1, 0.15) is 32.6 Å². The van der Waals surface area contributed by atoms with E-state index >= 15 is 0 Å². The molecule has 0 aliphatic heterocycles. The van der Waals surface area contributed by atoms with E-state index in [9.17, 15) is 9.59 Å². The maximum Gasteiger partial charge on any atom is 0.276 e. The second-order valence-corrected chi connectivity index (χ2v) is 5.86. The smallest absolute Gasteiger partial charge is 0.276 e. The van der Waals surface area contributed by atoms with Crippen molar-refractivity contribution in [2.45, 2.75) is 27.7 Å². The normalized spacial score (nSPS) is 10.2. The molecule has 0 saturated heterocycles. The van der Waals surface area contributed by atoms with Crippen molar-refractivity contribution in [3.63, 3.8) is 0 Å². The van der Waals surface area contributed by atoms with Crippen LogP contribution in [-0.2, 0) is 4.79 Å². The van der Waals surface area contributed by atoms with Crippen LogP contribution in [0.4, 0.5) is 0 Å². The van der Waals surface area contributed by atoms with Gasteiger partial charge in [-0.3, -0.25) is 20.4 Å². The van der Waals surface area contributed by atoms with Crippen molar-refractivity contribution in [2.24, 2.45) is 0 Å². The number of hydrazine groups is 1. The number of benzene rings is 2. The van der Waals surface area contributed by atoms with E-state index in [1.54, 1.807) is 6.07 Å². The zero-order chi connectivity index (χ0) is 17.7. The predicted octanol–water partition coefficient (Wildman–Crippen LogP) is 2.76. The molecule has 5 heteroatoms. The van der Waals surface area contributed by atoms with E-state index < -0.39 is 5.91 Å². The molecule has 0 unspecified atom stereocenters. The van der Waals surface area contributed by atoms with Crippen LogP contribution in [0.25, 0.3) is 0 Å². The van der Waals surface area contributed by atoms with Crippen LogP contribution in [-0.4, -0.2) is 18.4 Å². The zero-order valence-corrected chi connectivity index (χ0v) is 14.4. The van der Waals surface area contributed by atoms with Gasteiger partial charge in [-0.1, -0.05) is 18.2 Å². The molecule has 0 spiro atoms. The van der Waals surface area contributed by atoms with E-state index in [1.165, 1.54) is 0 Å². The molecule has 126 valence electrons. The zero-order valence-electron chi connectivity index (χ0n) is 14.4. The summed E-state index contributed by atoms with van der Waals surface area (Å²) >= 11 is 0. The Kier molecular flexibility index (Phi) is 5.58. The summed E-state index contributed by atoms with van der Waals surface area (Å²) in [5.41, 5.74) is 9.34. The third kappa shape index (κ3) is 4.59. The lowest BCUT2D eigenvalue weighted by atomic mass is 10.0. The lowest BCUT2D eigenvalue weighted by Crippen LogP contribution is -2.44. The molecule has 0 atom stereocenters. The number of rotatable bonds is 4. The summed E-state index contributed by atoms with van der Waals surface area (Å²) in [6.45, 7) is 7.56. The minimum Gasteiger partial charge on any atom is -0.484 e. The van der Waals surface area contributed by atoms with Crippen molar-refractivity contribution in [1.82, 2.24) is 10.9 Å². The number of aryl methyl sites for hydroxylation is 3. The molecule has 2 amide bonds. The Labute approximate surface area is 142 Å². The lowest BCUT2D eigenvalue weighted by Gasteiger charge is -2.11. The van der Waals surface area contributed by atoms with Gasteiger partial charge < -0.3 is 4.74 Å². The summed E-state index contributed by atoms with van der Waals surface area (Å²) in [6, 6.07) is 11.2. The number of hydrogen-bond donors (Lipinski definition) is 2. The maximum absolute atomic E-state index is 12.1. The highest BCUT2D eigenvalue weighted by Crippen LogP contribution is 2.16. The summed E-state index contributed by atoms with van der Waals surface area (Å²) < 4.78 is 5.45. The monoisotopic (exact) mass is 326 g/mol. The molecular formula is C19H22N2O3. The molecule has 2 aromatic carbocycles. The third-order valence-electron chi connectivity index (χ3n) is 3.73. The molecule has 0 bridgehead atoms. The van der Waals surface area contributed by atoms with Crippen LogP contribution >= 0.6 is 0 Å². The summed E-state index contributed by atoms with van der Waals surface area (Å²) in [4.78, 5) is 23.9. The highest BCUT2D eigenvalue weighted by molar-refractivity contribution is 5.97. The van der Waals surface area contributed by atoms with Crippen molar-refractivity contribution in [3.8, 4) is 5.75 Å². The van der Waals surface area contributed by atoms with Gasteiger partial charge in [0.1, 0.15) is 5.75 Å². The topological polar surface area (TPSA) is 67.4 Å². The average molecular weight is 326 g/mol. The van der Waals surface area contributed by atoms with Gasteiger partial charge in [-0.15, -0.1) is 0 Å². The second kappa shape index (κ2) is 7.64. The number of carbonyl (C=O) groups is 2. The second-order valence-electron chi connectivity index (χ2n) is 5.86. The van der Waals surface area contributed by atoms with E-state index in [0.29, 0.717) is 11.3 Å². The van der Waals surface area contributed by atoms with Crippen molar-refractivity contribution in [2.75, 3.05) is 6.61 Å². The van der Waals surface area contributed by atoms with E-state index in [0.717, 1.165) is 22.3 Å². The highest BCUT2D eigenvalue weighted by Gasteiger charge is 2.11. The van der Waals surface area contributed by atoms with E-state index in [1.807, 2.05) is 58.0 Å². The van der Waals surface area contributed by atoms with Gasteiger partial charge in [0.2, 0.25) is 0 Å². The number of amides is 2. The first-order valence-electron chi connectivity index (χ1n) is 7.73. The van der Waals surface area contributed by atoms with Gasteiger partial charge in [0.25, 0.3) is 11.8 Å². The molecule has 2 aromatic rings. The standard InChI is InChI=1S/C19H22N2O3/c1-12-8-13(2)10-16(9-12)24-11-18(22)20-21-19(23)17-7-5-6-14(3)15(17)4/h5-10H,11H2,1-4H3,(H,20,22)(H,21,23). The van der Waals surface area contributed by atoms with Crippen molar-refractivity contribution in [1.29, 1.82) is 0 Å². The Morgan fingerprint density at radius 1 is 0.958 bits per heavy atom. The molecule has 0 radical (unpaired) electrons. The first-order chi connectivity index (χ1) is 11.4. The SMILES string of the molecule is Cc1cc(C)cc(OCC(=O)NNC(=O)c2cccc(C)c2C)c1. The fraction of sp³-hybridized carbons (Fsp3) is 0.263. The largest absolute Gasteiger partial charge is 0.484 e. The maximum atomic E-state index is 12.1. The Hall–Kier alpha value is -2.82. The summed E-state index contributed by atoms with van der Waals surface area (Å²) in [6.07, 6.45) is 0. The fourth-order valence-electron chi connectivity index (χ4n) is 2.39. The van der Waals surface area contributed by atoms with Gasteiger partial charge in [0.15, 0.2) is 6.61 Å². The predicted molar refractivity (Wildman–Crippen MR) is 92.9 cm³/mol. The molecule has 0 aliphatic carbocycles. The van der Waals surface area contributed by atoms with Gasteiger partial charge in [-0.25, -0.2) is 0 Å². The van der Waals surface area contributed by atoms with Crippen LogP contribution in [0, 0.1) is 27.7 Å².